The Balaban J connectivity index is 1.46. The van der Waals surface area contributed by atoms with Crippen molar-refractivity contribution in [1.82, 2.24) is 19.9 Å². The first-order chi connectivity index (χ1) is 15.4. The molecule has 1 aliphatic heterocycles. The van der Waals surface area contributed by atoms with Crippen molar-refractivity contribution in [2.24, 2.45) is 0 Å². The fourth-order valence-corrected chi connectivity index (χ4v) is 3.64. The van der Waals surface area contributed by atoms with E-state index in [1.807, 2.05) is 32.0 Å². The van der Waals surface area contributed by atoms with E-state index in [0.717, 1.165) is 11.4 Å². The Hall–Kier alpha value is -4.08. The van der Waals surface area contributed by atoms with Crippen LogP contribution in [0.1, 0.15) is 21.7 Å². The van der Waals surface area contributed by atoms with Gasteiger partial charge in [0.15, 0.2) is 0 Å². The summed E-state index contributed by atoms with van der Waals surface area (Å²) >= 11 is 0. The summed E-state index contributed by atoms with van der Waals surface area (Å²) in [5.41, 5.74) is 1.03. The minimum absolute atomic E-state index is 0.112. The molecule has 3 aromatic rings. The van der Waals surface area contributed by atoms with Gasteiger partial charge in [-0.3, -0.25) is 14.9 Å². The average molecular weight is 433 g/mol. The molecule has 1 aromatic carbocycles. The Morgan fingerprint density at radius 2 is 1.78 bits per heavy atom. The van der Waals surface area contributed by atoms with Crippen LogP contribution >= 0.6 is 0 Å². The molecule has 1 aliphatic rings. The van der Waals surface area contributed by atoms with Crippen LogP contribution < -0.4 is 10.2 Å². The van der Waals surface area contributed by atoms with Gasteiger partial charge in [-0.1, -0.05) is 12.1 Å². The summed E-state index contributed by atoms with van der Waals surface area (Å²) in [6.45, 7) is 5.82. The molecule has 10 nitrogen and oxygen atoms in total. The zero-order chi connectivity index (χ0) is 22.7. The van der Waals surface area contributed by atoms with Crippen molar-refractivity contribution in [3.8, 4) is 0 Å². The summed E-state index contributed by atoms with van der Waals surface area (Å²) in [6.07, 6.45) is 1.74. The van der Waals surface area contributed by atoms with Crippen molar-refractivity contribution in [3.63, 3.8) is 0 Å². The molecule has 3 heterocycles. The lowest BCUT2D eigenvalue weighted by molar-refractivity contribution is -0.385. The number of nitrogens with zero attached hydrogens (tertiary/aromatic N) is 6. The van der Waals surface area contributed by atoms with Crippen LogP contribution in [0, 0.1) is 24.0 Å². The number of pyridine rings is 1. The molecule has 0 spiro atoms. The number of rotatable bonds is 5. The van der Waals surface area contributed by atoms with Crippen molar-refractivity contribution in [2.45, 2.75) is 13.8 Å². The van der Waals surface area contributed by atoms with E-state index in [4.69, 9.17) is 0 Å². The van der Waals surface area contributed by atoms with E-state index in [9.17, 15) is 14.9 Å². The Morgan fingerprint density at radius 1 is 1.03 bits per heavy atom. The number of carbonyl (C=O) groups is 1. The highest BCUT2D eigenvalue weighted by Crippen LogP contribution is 2.23. The van der Waals surface area contributed by atoms with Crippen molar-refractivity contribution >= 4 is 29.0 Å². The number of benzene rings is 1. The smallest absolute Gasteiger partial charge is 0.282 e. The first-order valence-corrected chi connectivity index (χ1v) is 10.2. The van der Waals surface area contributed by atoms with Crippen molar-refractivity contribution in [1.29, 1.82) is 0 Å². The highest BCUT2D eigenvalue weighted by Gasteiger charge is 2.27. The van der Waals surface area contributed by atoms with Gasteiger partial charge in [0.2, 0.25) is 0 Å². The van der Waals surface area contributed by atoms with Gasteiger partial charge in [0.25, 0.3) is 11.6 Å². The molecular formula is C22H23N7O3. The molecule has 10 heteroatoms. The summed E-state index contributed by atoms with van der Waals surface area (Å²) in [4.78, 5) is 40.6. The molecule has 1 fully saturated rings. The van der Waals surface area contributed by atoms with Crippen LogP contribution in [0.2, 0.25) is 0 Å². The topological polar surface area (TPSA) is 117 Å². The predicted octanol–water partition coefficient (Wildman–Crippen LogP) is 3.10. The number of carbonyl (C=O) groups excluding carboxylic acids is 1. The largest absolute Gasteiger partial charge is 0.353 e. The second kappa shape index (κ2) is 8.96. The molecular weight excluding hydrogens is 410 g/mol. The lowest BCUT2D eigenvalue weighted by Gasteiger charge is -2.35. The number of hydrogen-bond donors (Lipinski definition) is 1. The molecule has 1 amide bonds. The summed E-state index contributed by atoms with van der Waals surface area (Å²) in [6, 6.07) is 11.8. The predicted molar refractivity (Wildman–Crippen MR) is 120 cm³/mol. The van der Waals surface area contributed by atoms with E-state index >= 15 is 0 Å². The van der Waals surface area contributed by atoms with Gasteiger partial charge in [0.1, 0.15) is 28.8 Å². The summed E-state index contributed by atoms with van der Waals surface area (Å²) in [7, 11) is 0. The van der Waals surface area contributed by atoms with Crippen LogP contribution in [-0.4, -0.2) is 56.9 Å². The minimum Gasteiger partial charge on any atom is -0.353 e. The van der Waals surface area contributed by atoms with Gasteiger partial charge in [0, 0.05) is 44.5 Å². The first kappa shape index (κ1) is 21.2. The average Bonchev–Trinajstić information content (AvgIpc) is 2.78. The van der Waals surface area contributed by atoms with Gasteiger partial charge >= 0.3 is 0 Å². The maximum atomic E-state index is 12.9. The molecule has 0 saturated carbocycles. The molecule has 164 valence electrons. The van der Waals surface area contributed by atoms with Gasteiger partial charge in [-0.25, -0.2) is 15.0 Å². The number of aromatic nitrogens is 3. The van der Waals surface area contributed by atoms with Gasteiger partial charge in [-0.2, -0.15) is 0 Å². The summed E-state index contributed by atoms with van der Waals surface area (Å²) < 4.78 is 0. The lowest BCUT2D eigenvalue weighted by Crippen LogP contribution is -2.49. The van der Waals surface area contributed by atoms with Crippen LogP contribution in [0.25, 0.3) is 0 Å². The van der Waals surface area contributed by atoms with Gasteiger partial charge in [-0.05, 0) is 37.6 Å². The molecule has 4 rings (SSSR count). The number of para-hydroxylation sites is 1. The fraction of sp³-hybridized carbons (Fsp3) is 0.273. The highest BCUT2D eigenvalue weighted by atomic mass is 16.6. The number of nitro groups is 1. The highest BCUT2D eigenvalue weighted by molar-refractivity contribution is 5.98. The monoisotopic (exact) mass is 433 g/mol. The molecule has 0 unspecified atom stereocenters. The second-order valence-electron chi connectivity index (χ2n) is 7.56. The maximum Gasteiger partial charge on any atom is 0.282 e. The van der Waals surface area contributed by atoms with Crippen molar-refractivity contribution < 1.29 is 9.72 Å². The third-order valence-electron chi connectivity index (χ3n) is 5.22. The second-order valence-corrected chi connectivity index (χ2v) is 7.56. The molecule has 0 atom stereocenters. The third-order valence-corrected chi connectivity index (χ3v) is 5.22. The Kier molecular flexibility index (Phi) is 5.93. The Bertz CT molecular complexity index is 1160. The van der Waals surface area contributed by atoms with Gasteiger partial charge < -0.3 is 15.1 Å². The Morgan fingerprint density at radius 3 is 2.50 bits per heavy atom. The fourth-order valence-electron chi connectivity index (χ4n) is 3.64. The van der Waals surface area contributed by atoms with E-state index < -0.39 is 4.92 Å². The van der Waals surface area contributed by atoms with Crippen molar-refractivity contribution in [2.75, 3.05) is 36.4 Å². The number of amides is 1. The summed E-state index contributed by atoms with van der Waals surface area (Å²) in [5, 5.41) is 14.5. The number of piperazine rings is 1. The molecule has 0 aliphatic carbocycles. The van der Waals surface area contributed by atoms with E-state index in [1.165, 1.54) is 12.1 Å². The van der Waals surface area contributed by atoms with E-state index in [1.54, 1.807) is 23.2 Å². The minimum atomic E-state index is -0.523. The van der Waals surface area contributed by atoms with E-state index in [0.29, 0.717) is 43.6 Å². The molecule has 2 aromatic heterocycles. The van der Waals surface area contributed by atoms with E-state index in [2.05, 4.69) is 25.2 Å². The number of nitrogens with one attached hydrogen (secondary N) is 1. The number of hydrogen-bond acceptors (Lipinski definition) is 8. The van der Waals surface area contributed by atoms with Crippen molar-refractivity contribution in [3.05, 3.63) is 75.7 Å². The van der Waals surface area contributed by atoms with Crippen LogP contribution in [-0.2, 0) is 0 Å². The molecule has 0 radical (unpaired) electrons. The normalized spacial score (nSPS) is 13.7. The third kappa shape index (κ3) is 4.64. The van der Waals surface area contributed by atoms with Crippen LogP contribution in [0.5, 0.6) is 0 Å². The first-order valence-electron chi connectivity index (χ1n) is 10.2. The number of nitro benzene ring substituents is 1. The SMILES string of the molecule is Cc1ccnc(Nc2cc(N3CCN(C(=O)c4ccccc4[N+](=O)[O-])CC3)nc(C)n2)c1. The zero-order valence-corrected chi connectivity index (χ0v) is 17.9. The standard InChI is InChI=1S/C22H23N7O3/c1-15-7-8-23-19(13-15)26-20-14-21(25-16(2)24-20)27-9-11-28(12-10-27)22(30)17-5-3-4-6-18(17)29(31)32/h3-8,13-14H,9-12H2,1-2H3,(H,23,24,25,26). The molecule has 1 saturated heterocycles. The van der Waals surface area contributed by atoms with Crippen LogP contribution in [0.4, 0.5) is 23.1 Å². The molecule has 32 heavy (non-hydrogen) atoms. The summed E-state index contributed by atoms with van der Waals surface area (Å²) in [5.74, 6) is 2.39. The quantitative estimate of drug-likeness (QED) is 0.482. The maximum absolute atomic E-state index is 12.9. The lowest BCUT2D eigenvalue weighted by atomic mass is 10.1. The molecule has 0 bridgehead atoms. The van der Waals surface area contributed by atoms with Gasteiger partial charge in [0.05, 0.1) is 4.92 Å². The number of anilines is 3. The van der Waals surface area contributed by atoms with E-state index in [-0.39, 0.29) is 17.2 Å². The zero-order valence-electron chi connectivity index (χ0n) is 17.9. The molecule has 1 N–H and O–H groups in total. The number of aryl methyl sites for hydroxylation is 2. The van der Waals surface area contributed by atoms with Gasteiger partial charge in [-0.15, -0.1) is 0 Å². The Labute approximate surface area is 185 Å². The van der Waals surface area contributed by atoms with Crippen LogP contribution in [0.15, 0.2) is 48.7 Å². The van der Waals surface area contributed by atoms with Crippen LogP contribution in [0.3, 0.4) is 0 Å².